The van der Waals surface area contributed by atoms with E-state index in [0.29, 0.717) is 18.0 Å². The van der Waals surface area contributed by atoms with Gasteiger partial charge in [-0.1, -0.05) is 0 Å². The minimum absolute atomic E-state index is 0.0829. The van der Waals surface area contributed by atoms with E-state index in [1.54, 1.807) is 48.7 Å². The summed E-state index contributed by atoms with van der Waals surface area (Å²) in [5.41, 5.74) is 1.22. The highest BCUT2D eigenvalue weighted by atomic mass is 16.5. The van der Waals surface area contributed by atoms with Crippen LogP contribution < -0.4 is 10.1 Å². The monoisotopic (exact) mass is 318 g/mol. The largest absolute Gasteiger partial charge is 0.487 e. The third-order valence-corrected chi connectivity index (χ3v) is 3.20. The van der Waals surface area contributed by atoms with Gasteiger partial charge in [-0.15, -0.1) is 0 Å². The number of allylic oxidation sites excluding steroid dienone is 2. The summed E-state index contributed by atoms with van der Waals surface area (Å²) >= 11 is 0. The molecule has 0 spiro atoms. The van der Waals surface area contributed by atoms with Crippen LogP contribution in [0.2, 0.25) is 0 Å². The predicted molar refractivity (Wildman–Crippen MR) is 86.2 cm³/mol. The first-order chi connectivity index (χ1) is 11.7. The van der Waals surface area contributed by atoms with Crippen molar-refractivity contribution in [3.63, 3.8) is 0 Å². The third kappa shape index (κ3) is 3.91. The molecule has 0 atom stereocenters. The van der Waals surface area contributed by atoms with Crippen molar-refractivity contribution in [2.75, 3.05) is 5.32 Å². The van der Waals surface area contributed by atoms with Crippen LogP contribution in [0.15, 0.2) is 47.8 Å². The van der Waals surface area contributed by atoms with E-state index in [0.717, 1.165) is 12.2 Å². The number of nitrogens with zero attached hydrogens (tertiary/aromatic N) is 5. The minimum Gasteiger partial charge on any atom is -0.487 e. The van der Waals surface area contributed by atoms with Crippen LogP contribution in [0.25, 0.3) is 0 Å². The van der Waals surface area contributed by atoms with Gasteiger partial charge in [-0.2, -0.15) is 20.9 Å². The first-order valence-electron chi connectivity index (χ1n) is 7.17. The minimum atomic E-state index is -0.259. The Hall–Kier alpha value is -3.76. The fraction of sp³-hybridized carbons (Fsp3) is 0.176. The molecule has 0 aliphatic heterocycles. The van der Waals surface area contributed by atoms with Crippen molar-refractivity contribution >= 4 is 5.69 Å². The van der Waals surface area contributed by atoms with E-state index >= 15 is 0 Å². The number of aryl methyl sites for hydroxylation is 1. The van der Waals surface area contributed by atoms with Crippen LogP contribution in [-0.2, 0) is 13.2 Å². The normalized spacial score (nSPS) is 9.25. The van der Waals surface area contributed by atoms with Crippen LogP contribution in [0, 0.1) is 34.0 Å². The Morgan fingerprint density at radius 2 is 1.83 bits per heavy atom. The molecule has 1 N–H and O–H groups in total. The zero-order valence-corrected chi connectivity index (χ0v) is 13.0. The summed E-state index contributed by atoms with van der Waals surface area (Å²) in [5.74, 6) is 0.660. The van der Waals surface area contributed by atoms with Crippen LogP contribution in [0.4, 0.5) is 5.69 Å². The van der Waals surface area contributed by atoms with Gasteiger partial charge < -0.3 is 10.1 Å². The first-order valence-corrected chi connectivity index (χ1v) is 7.17. The molecule has 0 aliphatic carbocycles. The Labute approximate surface area is 139 Å². The number of hydrogen-bond donors (Lipinski definition) is 1. The number of anilines is 1. The lowest BCUT2D eigenvalue weighted by molar-refractivity contribution is 0.292. The Morgan fingerprint density at radius 1 is 1.12 bits per heavy atom. The maximum absolute atomic E-state index is 9.01. The van der Waals surface area contributed by atoms with E-state index in [9.17, 15) is 0 Å². The first kappa shape index (κ1) is 16.6. The van der Waals surface area contributed by atoms with Crippen molar-refractivity contribution in [1.29, 1.82) is 15.8 Å². The smallest absolute Gasteiger partial charge is 0.163 e. The Bertz CT molecular complexity index is 842. The summed E-state index contributed by atoms with van der Waals surface area (Å²) in [4.78, 5) is 0. The molecule has 0 amide bonds. The van der Waals surface area contributed by atoms with Crippen LogP contribution in [0.3, 0.4) is 0 Å². The van der Waals surface area contributed by atoms with E-state index in [1.165, 1.54) is 0 Å². The summed E-state index contributed by atoms with van der Waals surface area (Å²) in [7, 11) is 0. The average molecular weight is 318 g/mol. The molecule has 0 fully saturated rings. The molecule has 0 bridgehead atoms. The standard InChI is InChI=1S/C17H14N6O/c1-2-23-15(7-8-21-23)12-24-16-5-3-14(4-6-16)22-17(11-20)13(9-18)10-19/h3-8,22H,2,12H2,1H3. The molecular formula is C17H14N6O. The van der Waals surface area contributed by atoms with Gasteiger partial charge >= 0.3 is 0 Å². The summed E-state index contributed by atoms with van der Waals surface area (Å²) in [6, 6.07) is 14.0. The number of aromatic nitrogens is 2. The van der Waals surface area contributed by atoms with E-state index < -0.39 is 0 Å². The Kier molecular flexibility index (Phi) is 5.55. The molecule has 0 aliphatic rings. The van der Waals surface area contributed by atoms with Crippen molar-refractivity contribution in [3.8, 4) is 24.0 Å². The highest BCUT2D eigenvalue weighted by Gasteiger charge is 2.06. The molecule has 0 saturated carbocycles. The topological polar surface area (TPSA) is 110 Å². The Balaban J connectivity index is 2.04. The second-order valence-electron chi connectivity index (χ2n) is 4.66. The maximum Gasteiger partial charge on any atom is 0.163 e. The maximum atomic E-state index is 9.01. The molecule has 0 radical (unpaired) electrons. The van der Waals surface area contributed by atoms with Crippen molar-refractivity contribution in [2.45, 2.75) is 20.1 Å². The van der Waals surface area contributed by atoms with Gasteiger partial charge in [0.2, 0.25) is 0 Å². The molecule has 118 valence electrons. The zero-order valence-electron chi connectivity index (χ0n) is 13.0. The molecular weight excluding hydrogens is 304 g/mol. The molecule has 0 unspecified atom stereocenters. The van der Waals surface area contributed by atoms with E-state index in [2.05, 4.69) is 10.4 Å². The number of ether oxygens (including phenoxy) is 1. The SMILES string of the molecule is CCn1nccc1COc1ccc(NC(C#N)=C(C#N)C#N)cc1. The number of hydrogen-bond acceptors (Lipinski definition) is 6. The number of nitriles is 3. The third-order valence-electron chi connectivity index (χ3n) is 3.20. The number of rotatable bonds is 6. The van der Waals surface area contributed by atoms with Gasteiger partial charge in [0.15, 0.2) is 5.57 Å². The average Bonchev–Trinajstić information content (AvgIpc) is 3.08. The van der Waals surface area contributed by atoms with Crippen molar-refractivity contribution in [1.82, 2.24) is 9.78 Å². The second kappa shape index (κ2) is 8.03. The van der Waals surface area contributed by atoms with Gasteiger partial charge in [-0.3, -0.25) is 4.68 Å². The molecule has 2 aromatic rings. The highest BCUT2D eigenvalue weighted by Crippen LogP contribution is 2.19. The van der Waals surface area contributed by atoms with Gasteiger partial charge in [-0.05, 0) is 37.3 Å². The van der Waals surface area contributed by atoms with E-state index in [1.807, 2.05) is 17.7 Å². The van der Waals surface area contributed by atoms with Crippen LogP contribution >= 0.6 is 0 Å². The van der Waals surface area contributed by atoms with Gasteiger partial charge in [0.05, 0.1) is 5.69 Å². The number of benzene rings is 1. The van der Waals surface area contributed by atoms with Crippen molar-refractivity contribution < 1.29 is 4.74 Å². The predicted octanol–water partition coefficient (Wildman–Crippen LogP) is 2.72. The van der Waals surface area contributed by atoms with E-state index in [-0.39, 0.29) is 11.3 Å². The van der Waals surface area contributed by atoms with Gasteiger partial charge in [0.1, 0.15) is 36.3 Å². The lowest BCUT2D eigenvalue weighted by Crippen LogP contribution is -2.06. The Morgan fingerprint density at radius 3 is 2.42 bits per heavy atom. The molecule has 0 saturated heterocycles. The summed E-state index contributed by atoms with van der Waals surface area (Å²) in [6.07, 6.45) is 1.73. The molecule has 1 aromatic heterocycles. The quantitative estimate of drug-likeness (QED) is 0.820. The molecule has 2 rings (SSSR count). The fourth-order valence-corrected chi connectivity index (χ4v) is 1.99. The molecule has 1 aromatic carbocycles. The van der Waals surface area contributed by atoms with Crippen LogP contribution in [-0.4, -0.2) is 9.78 Å². The van der Waals surface area contributed by atoms with Crippen LogP contribution in [0.5, 0.6) is 5.75 Å². The molecule has 24 heavy (non-hydrogen) atoms. The fourth-order valence-electron chi connectivity index (χ4n) is 1.99. The van der Waals surface area contributed by atoms with Crippen LogP contribution in [0.1, 0.15) is 12.6 Å². The van der Waals surface area contributed by atoms with E-state index in [4.69, 9.17) is 20.5 Å². The molecule has 1 heterocycles. The summed E-state index contributed by atoms with van der Waals surface area (Å²) in [5, 5.41) is 33.5. The lowest BCUT2D eigenvalue weighted by Gasteiger charge is -2.09. The second-order valence-corrected chi connectivity index (χ2v) is 4.66. The van der Waals surface area contributed by atoms with Crippen molar-refractivity contribution in [3.05, 3.63) is 53.5 Å². The van der Waals surface area contributed by atoms with Crippen molar-refractivity contribution in [2.24, 2.45) is 0 Å². The summed E-state index contributed by atoms with van der Waals surface area (Å²) in [6.45, 7) is 3.18. The van der Waals surface area contributed by atoms with Gasteiger partial charge in [-0.25, -0.2) is 0 Å². The number of nitrogens with one attached hydrogen (secondary N) is 1. The van der Waals surface area contributed by atoms with Gasteiger partial charge in [0, 0.05) is 18.4 Å². The molecule has 7 nitrogen and oxygen atoms in total. The van der Waals surface area contributed by atoms with Gasteiger partial charge in [0.25, 0.3) is 0 Å². The zero-order chi connectivity index (χ0) is 17.4. The highest BCUT2D eigenvalue weighted by molar-refractivity contribution is 5.58. The molecule has 7 heteroatoms. The lowest BCUT2D eigenvalue weighted by atomic mass is 10.2. The summed E-state index contributed by atoms with van der Waals surface area (Å²) < 4.78 is 7.55.